The maximum atomic E-state index is 9.23. The van der Waals surface area contributed by atoms with Crippen molar-refractivity contribution in [2.45, 2.75) is 25.2 Å². The quantitative estimate of drug-likeness (QED) is 0.781. The Kier molecular flexibility index (Phi) is 2.70. The first kappa shape index (κ1) is 9.49. The van der Waals surface area contributed by atoms with Gasteiger partial charge in [-0.2, -0.15) is 0 Å². The summed E-state index contributed by atoms with van der Waals surface area (Å²) in [7, 11) is 1.64. The number of methoxy groups -OCH3 is 1. The highest BCUT2D eigenvalue weighted by atomic mass is 16.6. The third-order valence-corrected chi connectivity index (χ3v) is 2.46. The molecule has 0 aliphatic carbocycles. The lowest BCUT2D eigenvalue weighted by Gasteiger charge is -2.11. The Morgan fingerprint density at radius 2 is 2.29 bits per heavy atom. The Balaban J connectivity index is 2.15. The second-order valence-electron chi connectivity index (χ2n) is 3.43. The summed E-state index contributed by atoms with van der Waals surface area (Å²) in [6.07, 6.45) is 0.988. The molecule has 0 aromatic heterocycles. The zero-order valence-electron chi connectivity index (χ0n) is 8.14. The van der Waals surface area contributed by atoms with Crippen LogP contribution < -0.4 is 4.74 Å². The fraction of sp³-hybridized carbons (Fsp3) is 0.455. The zero-order valence-corrected chi connectivity index (χ0v) is 8.14. The van der Waals surface area contributed by atoms with E-state index in [-0.39, 0.29) is 6.10 Å². The van der Waals surface area contributed by atoms with E-state index >= 15 is 0 Å². The number of hydrogen-bond donors (Lipinski definition) is 1. The Morgan fingerprint density at radius 1 is 1.43 bits per heavy atom. The summed E-state index contributed by atoms with van der Waals surface area (Å²) in [6, 6.07) is 7.77. The number of rotatable bonds is 2. The smallest absolute Gasteiger partial charge is 0.155 e. The van der Waals surface area contributed by atoms with Crippen LogP contribution in [0.4, 0.5) is 0 Å². The summed E-state index contributed by atoms with van der Waals surface area (Å²) in [6.45, 7) is 0. The van der Waals surface area contributed by atoms with E-state index in [9.17, 15) is 5.11 Å². The minimum Gasteiger partial charge on any atom is -0.497 e. The predicted octanol–water partition coefficient (Wildman–Crippen LogP) is 1.87. The van der Waals surface area contributed by atoms with Gasteiger partial charge in [0.25, 0.3) is 0 Å². The van der Waals surface area contributed by atoms with Gasteiger partial charge in [0, 0.05) is 6.42 Å². The Hall–Kier alpha value is -1.06. The van der Waals surface area contributed by atoms with Crippen LogP contribution in [0.25, 0.3) is 0 Å². The van der Waals surface area contributed by atoms with Crippen molar-refractivity contribution in [3.8, 4) is 5.75 Å². The van der Waals surface area contributed by atoms with Crippen LogP contribution in [0.1, 0.15) is 24.5 Å². The molecule has 0 spiro atoms. The van der Waals surface area contributed by atoms with Gasteiger partial charge in [-0.05, 0) is 24.1 Å². The van der Waals surface area contributed by atoms with Crippen molar-refractivity contribution in [3.63, 3.8) is 0 Å². The fourth-order valence-corrected chi connectivity index (χ4v) is 1.71. The van der Waals surface area contributed by atoms with Gasteiger partial charge in [0.15, 0.2) is 6.29 Å². The molecule has 2 rings (SSSR count). The summed E-state index contributed by atoms with van der Waals surface area (Å²) in [5.41, 5.74) is 1.07. The highest BCUT2D eigenvalue weighted by molar-refractivity contribution is 5.30. The molecular weight excluding hydrogens is 180 g/mol. The van der Waals surface area contributed by atoms with Gasteiger partial charge in [0.1, 0.15) is 5.75 Å². The Morgan fingerprint density at radius 3 is 2.93 bits per heavy atom. The van der Waals surface area contributed by atoms with E-state index in [1.807, 2.05) is 24.3 Å². The van der Waals surface area contributed by atoms with Gasteiger partial charge in [-0.1, -0.05) is 12.1 Å². The van der Waals surface area contributed by atoms with Crippen LogP contribution in [0.2, 0.25) is 0 Å². The first-order chi connectivity index (χ1) is 6.79. The summed E-state index contributed by atoms with van der Waals surface area (Å²) in [5.74, 6) is 0.826. The number of aliphatic hydroxyl groups is 1. The number of aliphatic hydroxyl groups excluding tert-OH is 1. The lowest BCUT2D eigenvalue weighted by Crippen LogP contribution is -2.04. The topological polar surface area (TPSA) is 38.7 Å². The van der Waals surface area contributed by atoms with Gasteiger partial charge < -0.3 is 14.6 Å². The van der Waals surface area contributed by atoms with Crippen LogP contribution in [0.15, 0.2) is 24.3 Å². The SMILES string of the molecule is COc1cccc([C@H]2CCC(O)O2)c1. The van der Waals surface area contributed by atoms with Crippen LogP contribution in [0.3, 0.4) is 0 Å². The third-order valence-electron chi connectivity index (χ3n) is 2.46. The van der Waals surface area contributed by atoms with E-state index in [0.29, 0.717) is 6.42 Å². The standard InChI is InChI=1S/C11H14O3/c1-13-9-4-2-3-8(7-9)10-5-6-11(12)14-10/h2-4,7,10-12H,5-6H2,1H3/t10-,11?/m1/s1. The average Bonchev–Trinajstić information content (AvgIpc) is 2.65. The summed E-state index contributed by atoms with van der Waals surface area (Å²) in [4.78, 5) is 0. The molecule has 1 aromatic rings. The van der Waals surface area contributed by atoms with Crippen molar-refractivity contribution in [1.82, 2.24) is 0 Å². The van der Waals surface area contributed by atoms with Gasteiger partial charge >= 0.3 is 0 Å². The molecular formula is C11H14O3. The highest BCUT2D eigenvalue weighted by Gasteiger charge is 2.24. The Labute approximate surface area is 83.3 Å². The summed E-state index contributed by atoms with van der Waals surface area (Å²) in [5, 5.41) is 9.23. The first-order valence-corrected chi connectivity index (χ1v) is 4.77. The lowest BCUT2D eigenvalue weighted by molar-refractivity contribution is -0.0914. The first-order valence-electron chi connectivity index (χ1n) is 4.77. The van der Waals surface area contributed by atoms with Crippen molar-refractivity contribution >= 4 is 0 Å². The zero-order chi connectivity index (χ0) is 9.97. The molecule has 1 fully saturated rings. The molecule has 1 aliphatic rings. The molecule has 1 N–H and O–H groups in total. The van der Waals surface area contributed by atoms with Crippen LogP contribution in [0, 0.1) is 0 Å². The molecule has 0 saturated carbocycles. The normalized spacial score (nSPS) is 26.4. The average molecular weight is 194 g/mol. The number of hydrogen-bond acceptors (Lipinski definition) is 3. The van der Waals surface area contributed by atoms with Crippen LogP contribution in [-0.4, -0.2) is 18.5 Å². The van der Waals surface area contributed by atoms with Gasteiger partial charge in [0.2, 0.25) is 0 Å². The van der Waals surface area contributed by atoms with E-state index < -0.39 is 6.29 Å². The van der Waals surface area contributed by atoms with Crippen molar-refractivity contribution in [2.24, 2.45) is 0 Å². The molecule has 1 aromatic carbocycles. The number of benzene rings is 1. The molecule has 0 radical (unpaired) electrons. The minimum absolute atomic E-state index is 0.0140. The van der Waals surface area contributed by atoms with Crippen LogP contribution in [-0.2, 0) is 4.74 Å². The van der Waals surface area contributed by atoms with Gasteiger partial charge in [-0.25, -0.2) is 0 Å². The molecule has 1 heterocycles. The largest absolute Gasteiger partial charge is 0.497 e. The van der Waals surface area contributed by atoms with Crippen LogP contribution in [0.5, 0.6) is 5.75 Å². The molecule has 3 heteroatoms. The van der Waals surface area contributed by atoms with Crippen molar-refractivity contribution in [2.75, 3.05) is 7.11 Å². The molecule has 1 saturated heterocycles. The molecule has 2 atom stereocenters. The van der Waals surface area contributed by atoms with Gasteiger partial charge in [-0.3, -0.25) is 0 Å². The molecule has 1 aliphatic heterocycles. The minimum atomic E-state index is -0.605. The molecule has 3 nitrogen and oxygen atoms in total. The summed E-state index contributed by atoms with van der Waals surface area (Å²) >= 11 is 0. The molecule has 1 unspecified atom stereocenters. The molecule has 0 bridgehead atoms. The maximum absolute atomic E-state index is 9.23. The number of ether oxygens (including phenoxy) is 2. The van der Waals surface area contributed by atoms with E-state index in [1.54, 1.807) is 7.11 Å². The fourth-order valence-electron chi connectivity index (χ4n) is 1.71. The van der Waals surface area contributed by atoms with Crippen molar-refractivity contribution in [1.29, 1.82) is 0 Å². The van der Waals surface area contributed by atoms with Crippen molar-refractivity contribution in [3.05, 3.63) is 29.8 Å². The van der Waals surface area contributed by atoms with Crippen molar-refractivity contribution < 1.29 is 14.6 Å². The van der Waals surface area contributed by atoms with Gasteiger partial charge in [-0.15, -0.1) is 0 Å². The monoisotopic (exact) mass is 194 g/mol. The molecule has 76 valence electrons. The second-order valence-corrected chi connectivity index (χ2v) is 3.43. The molecule has 0 amide bonds. The molecule has 14 heavy (non-hydrogen) atoms. The van der Waals surface area contributed by atoms with Crippen LogP contribution >= 0.6 is 0 Å². The highest BCUT2D eigenvalue weighted by Crippen LogP contribution is 2.32. The maximum Gasteiger partial charge on any atom is 0.155 e. The van der Waals surface area contributed by atoms with E-state index in [4.69, 9.17) is 9.47 Å². The van der Waals surface area contributed by atoms with E-state index in [1.165, 1.54) is 0 Å². The van der Waals surface area contributed by atoms with E-state index in [2.05, 4.69) is 0 Å². The lowest BCUT2D eigenvalue weighted by atomic mass is 10.1. The third kappa shape index (κ3) is 1.89. The van der Waals surface area contributed by atoms with E-state index in [0.717, 1.165) is 17.7 Å². The Bertz CT molecular complexity index is 311. The van der Waals surface area contributed by atoms with Gasteiger partial charge in [0.05, 0.1) is 13.2 Å². The second kappa shape index (κ2) is 3.98. The summed E-state index contributed by atoms with van der Waals surface area (Å²) < 4.78 is 10.5. The predicted molar refractivity (Wildman–Crippen MR) is 52.1 cm³/mol.